The van der Waals surface area contributed by atoms with Crippen LogP contribution < -0.4 is 5.06 Å². The number of carbonyl (C=O) groups excluding carboxylic acids is 1. The SMILES string of the molecule is CCC(=O)ON(C1=CC=C(C)C(O)(Br)C1(C)C)c1ccccc1. The number of aliphatic hydroxyl groups is 1. The number of hydrogen-bond donors (Lipinski definition) is 1. The first kappa shape index (κ1) is 17.8. The van der Waals surface area contributed by atoms with Gasteiger partial charge in [-0.25, -0.2) is 4.79 Å². The maximum absolute atomic E-state index is 11.9. The molecule has 0 bridgehead atoms. The summed E-state index contributed by atoms with van der Waals surface area (Å²) in [6.45, 7) is 7.41. The van der Waals surface area contributed by atoms with Gasteiger partial charge >= 0.3 is 5.97 Å². The van der Waals surface area contributed by atoms with Crippen molar-refractivity contribution < 1.29 is 14.7 Å². The van der Waals surface area contributed by atoms with Crippen molar-refractivity contribution in [3.8, 4) is 0 Å². The van der Waals surface area contributed by atoms with Crippen LogP contribution in [0.4, 0.5) is 5.69 Å². The molecule has 1 aliphatic rings. The summed E-state index contributed by atoms with van der Waals surface area (Å²) in [7, 11) is 0. The number of carbonyl (C=O) groups is 1. The molecule has 0 radical (unpaired) electrons. The van der Waals surface area contributed by atoms with Gasteiger partial charge in [-0.15, -0.1) is 0 Å². The van der Waals surface area contributed by atoms with Crippen LogP contribution in [0.5, 0.6) is 0 Å². The van der Waals surface area contributed by atoms with Crippen LogP contribution in [0.15, 0.2) is 53.8 Å². The maximum Gasteiger partial charge on any atom is 0.332 e. The standard InChI is InChI=1S/C18H22BrNO3/c1-5-16(21)23-20(14-9-7-6-8-10-14)15-12-11-13(2)18(19,22)17(15,3)4/h6-12,22H,5H2,1-4H3. The molecule has 23 heavy (non-hydrogen) atoms. The van der Waals surface area contributed by atoms with Gasteiger partial charge in [-0.3, -0.25) is 0 Å². The largest absolute Gasteiger partial charge is 0.374 e. The number of halogens is 1. The van der Waals surface area contributed by atoms with Crippen molar-refractivity contribution in [2.45, 2.75) is 38.6 Å². The van der Waals surface area contributed by atoms with Gasteiger partial charge in [0, 0.05) is 6.42 Å². The smallest absolute Gasteiger partial charge is 0.332 e. The molecule has 0 fully saturated rings. The lowest BCUT2D eigenvalue weighted by molar-refractivity contribution is -0.144. The summed E-state index contributed by atoms with van der Waals surface area (Å²) in [6, 6.07) is 9.37. The number of para-hydroxylation sites is 1. The van der Waals surface area contributed by atoms with E-state index in [2.05, 4.69) is 15.9 Å². The Morgan fingerprint density at radius 3 is 2.43 bits per heavy atom. The second-order valence-corrected chi connectivity index (χ2v) is 7.24. The van der Waals surface area contributed by atoms with Crippen LogP contribution in [0.1, 0.15) is 34.1 Å². The molecule has 1 unspecified atom stereocenters. The van der Waals surface area contributed by atoms with Gasteiger partial charge < -0.3 is 9.94 Å². The van der Waals surface area contributed by atoms with Crippen molar-refractivity contribution in [2.75, 3.05) is 5.06 Å². The van der Waals surface area contributed by atoms with Crippen LogP contribution >= 0.6 is 15.9 Å². The van der Waals surface area contributed by atoms with Crippen LogP contribution in [0.25, 0.3) is 0 Å². The molecule has 4 nitrogen and oxygen atoms in total. The molecule has 2 rings (SSSR count). The Bertz CT molecular complexity index is 647. The van der Waals surface area contributed by atoms with Gasteiger partial charge in [0.05, 0.1) is 16.8 Å². The Kier molecular flexibility index (Phi) is 5.01. The van der Waals surface area contributed by atoms with E-state index in [-0.39, 0.29) is 12.4 Å². The van der Waals surface area contributed by atoms with Crippen molar-refractivity contribution in [1.29, 1.82) is 0 Å². The Morgan fingerprint density at radius 2 is 1.87 bits per heavy atom. The van der Waals surface area contributed by atoms with Crippen LogP contribution in [0.2, 0.25) is 0 Å². The molecule has 0 saturated carbocycles. The molecule has 124 valence electrons. The lowest BCUT2D eigenvalue weighted by atomic mass is 9.76. The highest BCUT2D eigenvalue weighted by Crippen LogP contribution is 2.50. The number of anilines is 1. The zero-order valence-corrected chi connectivity index (χ0v) is 15.4. The van der Waals surface area contributed by atoms with Gasteiger partial charge in [-0.1, -0.05) is 45.0 Å². The second kappa shape index (κ2) is 6.49. The van der Waals surface area contributed by atoms with Crippen LogP contribution in [0.3, 0.4) is 0 Å². The van der Waals surface area contributed by atoms with E-state index in [4.69, 9.17) is 4.84 Å². The number of alkyl halides is 1. The molecule has 1 N–H and O–H groups in total. The molecule has 0 aromatic heterocycles. The average molecular weight is 380 g/mol. The number of hydroxylamine groups is 1. The van der Waals surface area contributed by atoms with E-state index in [0.29, 0.717) is 5.70 Å². The predicted octanol–water partition coefficient (Wildman–Crippen LogP) is 4.31. The van der Waals surface area contributed by atoms with Gasteiger partial charge in [0.15, 0.2) is 4.51 Å². The molecular weight excluding hydrogens is 358 g/mol. The zero-order valence-electron chi connectivity index (χ0n) is 13.8. The summed E-state index contributed by atoms with van der Waals surface area (Å²) in [6.07, 6.45) is 3.97. The van der Waals surface area contributed by atoms with Gasteiger partial charge in [-0.05, 0) is 46.6 Å². The van der Waals surface area contributed by atoms with E-state index in [9.17, 15) is 9.90 Å². The van der Waals surface area contributed by atoms with E-state index in [1.54, 1.807) is 6.92 Å². The fraction of sp³-hybridized carbons (Fsp3) is 0.389. The van der Waals surface area contributed by atoms with E-state index in [1.807, 2.05) is 63.3 Å². The Labute approximate surface area is 145 Å². The molecule has 1 aromatic rings. The molecule has 0 saturated heterocycles. The maximum atomic E-state index is 11.9. The lowest BCUT2D eigenvalue weighted by Crippen LogP contribution is -2.48. The summed E-state index contributed by atoms with van der Waals surface area (Å²) in [4.78, 5) is 17.4. The number of rotatable bonds is 4. The first-order chi connectivity index (χ1) is 10.7. The van der Waals surface area contributed by atoms with Crippen molar-refractivity contribution >= 4 is 27.6 Å². The first-order valence-corrected chi connectivity index (χ1v) is 8.38. The molecule has 0 heterocycles. The highest BCUT2D eigenvalue weighted by Gasteiger charge is 2.49. The number of nitrogens with zero attached hydrogens (tertiary/aromatic N) is 1. The average Bonchev–Trinajstić information content (AvgIpc) is 2.52. The minimum atomic E-state index is -1.23. The Balaban J connectivity index is 2.53. The molecule has 1 atom stereocenters. The summed E-state index contributed by atoms with van der Waals surface area (Å²) in [5.41, 5.74) is 1.50. The molecule has 1 aromatic carbocycles. The highest BCUT2D eigenvalue weighted by molar-refractivity contribution is 9.10. The second-order valence-electron chi connectivity index (χ2n) is 6.10. The van der Waals surface area contributed by atoms with Crippen LogP contribution in [0, 0.1) is 5.41 Å². The van der Waals surface area contributed by atoms with Gasteiger partial charge in [0.1, 0.15) is 0 Å². The summed E-state index contributed by atoms with van der Waals surface area (Å²) in [5.74, 6) is -0.338. The van der Waals surface area contributed by atoms with E-state index in [0.717, 1.165) is 11.3 Å². The monoisotopic (exact) mass is 379 g/mol. The number of benzene rings is 1. The minimum Gasteiger partial charge on any atom is -0.374 e. The minimum absolute atomic E-state index is 0.268. The van der Waals surface area contributed by atoms with Crippen molar-refractivity contribution in [1.82, 2.24) is 0 Å². The number of allylic oxidation sites excluding steroid dienone is 2. The fourth-order valence-electron chi connectivity index (χ4n) is 2.48. The third kappa shape index (κ3) is 3.21. The molecule has 1 aliphatic carbocycles. The van der Waals surface area contributed by atoms with Crippen LogP contribution in [-0.4, -0.2) is 15.6 Å². The van der Waals surface area contributed by atoms with Crippen LogP contribution in [-0.2, 0) is 9.63 Å². The van der Waals surface area contributed by atoms with Crippen molar-refractivity contribution in [3.05, 3.63) is 53.8 Å². The quantitative estimate of drug-likeness (QED) is 0.625. The molecule has 0 spiro atoms. The third-order valence-electron chi connectivity index (χ3n) is 4.17. The normalized spacial score (nSPS) is 22.9. The van der Waals surface area contributed by atoms with Gasteiger partial charge in [0.25, 0.3) is 0 Å². The van der Waals surface area contributed by atoms with Gasteiger partial charge in [-0.2, -0.15) is 5.06 Å². The number of hydrogen-bond acceptors (Lipinski definition) is 4. The molecule has 0 amide bonds. The third-order valence-corrected chi connectivity index (χ3v) is 5.79. The van der Waals surface area contributed by atoms with E-state index >= 15 is 0 Å². The molecule has 5 heteroatoms. The van der Waals surface area contributed by atoms with Crippen molar-refractivity contribution in [2.24, 2.45) is 5.41 Å². The molecular formula is C18H22BrNO3. The summed E-state index contributed by atoms with van der Waals surface area (Å²) < 4.78 is -1.23. The predicted molar refractivity (Wildman–Crippen MR) is 94.8 cm³/mol. The summed E-state index contributed by atoms with van der Waals surface area (Å²) >= 11 is 3.42. The highest BCUT2D eigenvalue weighted by atomic mass is 79.9. The fourth-order valence-corrected chi connectivity index (χ4v) is 2.81. The van der Waals surface area contributed by atoms with E-state index in [1.165, 1.54) is 5.06 Å². The molecule has 0 aliphatic heterocycles. The zero-order chi connectivity index (χ0) is 17.3. The van der Waals surface area contributed by atoms with Crippen molar-refractivity contribution in [3.63, 3.8) is 0 Å². The Hall–Kier alpha value is -1.59. The lowest BCUT2D eigenvalue weighted by Gasteiger charge is -2.45. The van der Waals surface area contributed by atoms with E-state index < -0.39 is 9.93 Å². The van der Waals surface area contributed by atoms with Gasteiger partial charge in [0.2, 0.25) is 0 Å². The Morgan fingerprint density at radius 1 is 1.26 bits per heavy atom. The first-order valence-electron chi connectivity index (χ1n) is 7.58. The summed E-state index contributed by atoms with van der Waals surface area (Å²) in [5, 5.41) is 12.4. The topological polar surface area (TPSA) is 49.8 Å².